The first-order valence-corrected chi connectivity index (χ1v) is 11.4. The number of ether oxygens (including phenoxy) is 2. The molecule has 2 N–H and O–H groups in total. The molecule has 1 aliphatic rings. The molecule has 0 unspecified atom stereocenters. The Kier molecular flexibility index (Phi) is 8.44. The van der Waals surface area contributed by atoms with E-state index in [1.165, 1.54) is 13.8 Å². The maximum Gasteiger partial charge on any atom is 0.408 e. The zero-order chi connectivity index (χ0) is 26.6. The third-order valence-electron chi connectivity index (χ3n) is 5.84. The smallest absolute Gasteiger partial charge is 0.408 e. The van der Waals surface area contributed by atoms with Gasteiger partial charge in [-0.3, -0.25) is 9.69 Å². The molecular formula is C25H28F4N2O5. The lowest BCUT2D eigenvalue weighted by atomic mass is 9.84. The summed E-state index contributed by atoms with van der Waals surface area (Å²) in [5.41, 5.74) is -0.692. The Hall–Kier alpha value is -3.34. The second-order valence-electron chi connectivity index (χ2n) is 9.02. The Bertz CT molecular complexity index is 1100. The van der Waals surface area contributed by atoms with E-state index in [0.29, 0.717) is 24.3 Å². The highest BCUT2D eigenvalue weighted by Crippen LogP contribution is 2.35. The summed E-state index contributed by atoms with van der Waals surface area (Å²) in [6.45, 7) is 3.97. The van der Waals surface area contributed by atoms with E-state index in [0.717, 1.165) is 22.6 Å². The van der Waals surface area contributed by atoms with Gasteiger partial charge in [-0.15, -0.1) is 0 Å². The number of hydrogen-bond donors (Lipinski definition) is 2. The molecule has 36 heavy (non-hydrogen) atoms. The molecule has 0 bridgehead atoms. The van der Waals surface area contributed by atoms with Crippen LogP contribution in [0.1, 0.15) is 43.5 Å². The maximum atomic E-state index is 14.9. The minimum atomic E-state index is -2.71. The fourth-order valence-corrected chi connectivity index (χ4v) is 4.33. The van der Waals surface area contributed by atoms with Crippen LogP contribution in [0.25, 0.3) is 0 Å². The predicted octanol–water partition coefficient (Wildman–Crippen LogP) is 5.14. The first-order chi connectivity index (χ1) is 16.9. The summed E-state index contributed by atoms with van der Waals surface area (Å²) in [7, 11) is 0. The number of carbonyl (C=O) groups is 2. The number of rotatable bonds is 9. The predicted molar refractivity (Wildman–Crippen MR) is 124 cm³/mol. The SMILES string of the molecule is CCOc1ccc2c(c1)CCN(C(=O)O)[C@@H]2C(=O)Nc1cc(F)c(C(C)(C)COCC(F)F)c(F)c1. The minimum absolute atomic E-state index is 0.0461. The van der Waals surface area contributed by atoms with Crippen LogP contribution in [0.2, 0.25) is 0 Å². The number of halogens is 4. The van der Waals surface area contributed by atoms with E-state index < -0.39 is 48.1 Å². The number of alkyl halides is 2. The van der Waals surface area contributed by atoms with Crippen molar-refractivity contribution >= 4 is 17.7 Å². The molecule has 2 amide bonds. The number of fused-ring (bicyclic) bond motifs is 1. The van der Waals surface area contributed by atoms with Crippen molar-refractivity contribution in [3.63, 3.8) is 0 Å². The number of nitrogens with one attached hydrogen (secondary N) is 1. The van der Waals surface area contributed by atoms with E-state index in [2.05, 4.69) is 5.32 Å². The highest BCUT2D eigenvalue weighted by molar-refractivity contribution is 5.97. The van der Waals surface area contributed by atoms with Crippen LogP contribution < -0.4 is 10.1 Å². The molecule has 196 valence electrons. The average molecular weight is 513 g/mol. The molecule has 0 radical (unpaired) electrons. The van der Waals surface area contributed by atoms with Crippen molar-refractivity contribution in [1.29, 1.82) is 0 Å². The summed E-state index contributed by atoms with van der Waals surface area (Å²) < 4.78 is 64.9. The molecule has 7 nitrogen and oxygen atoms in total. The Morgan fingerprint density at radius 2 is 1.86 bits per heavy atom. The fourth-order valence-electron chi connectivity index (χ4n) is 4.33. The number of carbonyl (C=O) groups excluding carboxylic acids is 1. The normalized spacial score (nSPS) is 15.6. The third-order valence-corrected chi connectivity index (χ3v) is 5.84. The van der Waals surface area contributed by atoms with Crippen molar-refractivity contribution in [2.75, 3.05) is 31.7 Å². The van der Waals surface area contributed by atoms with Crippen LogP contribution in [0.5, 0.6) is 5.75 Å². The van der Waals surface area contributed by atoms with Crippen molar-refractivity contribution in [3.8, 4) is 5.75 Å². The summed E-state index contributed by atoms with van der Waals surface area (Å²) >= 11 is 0. The van der Waals surface area contributed by atoms with Crippen LogP contribution in [0, 0.1) is 11.6 Å². The van der Waals surface area contributed by atoms with Crippen molar-refractivity contribution in [2.45, 2.75) is 45.1 Å². The van der Waals surface area contributed by atoms with Gasteiger partial charge in [-0.25, -0.2) is 22.4 Å². The first kappa shape index (κ1) is 27.3. The van der Waals surface area contributed by atoms with Gasteiger partial charge in [0.2, 0.25) is 0 Å². The van der Waals surface area contributed by atoms with Crippen LogP contribution in [-0.4, -0.2) is 54.8 Å². The van der Waals surface area contributed by atoms with Crippen molar-refractivity contribution < 1.29 is 41.7 Å². The van der Waals surface area contributed by atoms with Crippen LogP contribution in [0.3, 0.4) is 0 Å². The molecule has 3 rings (SSSR count). The molecule has 1 atom stereocenters. The van der Waals surface area contributed by atoms with E-state index in [-0.39, 0.29) is 24.4 Å². The van der Waals surface area contributed by atoms with E-state index in [4.69, 9.17) is 9.47 Å². The van der Waals surface area contributed by atoms with Gasteiger partial charge in [0.05, 0.1) is 13.2 Å². The van der Waals surface area contributed by atoms with Gasteiger partial charge in [0.1, 0.15) is 30.0 Å². The molecule has 0 saturated heterocycles. The van der Waals surface area contributed by atoms with E-state index in [1.54, 1.807) is 18.2 Å². The molecule has 0 spiro atoms. The van der Waals surface area contributed by atoms with Gasteiger partial charge in [0.25, 0.3) is 12.3 Å². The summed E-state index contributed by atoms with van der Waals surface area (Å²) in [6, 6.07) is 5.53. The van der Waals surface area contributed by atoms with Gasteiger partial charge in [-0.1, -0.05) is 19.9 Å². The van der Waals surface area contributed by atoms with Gasteiger partial charge in [0, 0.05) is 23.2 Å². The van der Waals surface area contributed by atoms with Crippen molar-refractivity contribution in [3.05, 3.63) is 58.7 Å². The van der Waals surface area contributed by atoms with Crippen LogP contribution in [0.4, 0.5) is 28.0 Å². The molecule has 11 heteroatoms. The fraction of sp³-hybridized carbons (Fsp3) is 0.440. The number of benzene rings is 2. The Morgan fingerprint density at radius 1 is 1.19 bits per heavy atom. The third kappa shape index (κ3) is 6.07. The quantitative estimate of drug-likeness (QED) is 0.455. The monoisotopic (exact) mass is 512 g/mol. The molecule has 2 aromatic rings. The zero-order valence-electron chi connectivity index (χ0n) is 20.1. The molecule has 1 aliphatic heterocycles. The number of hydrogen-bond acceptors (Lipinski definition) is 4. The average Bonchev–Trinajstić information content (AvgIpc) is 2.77. The maximum absolute atomic E-state index is 14.9. The highest BCUT2D eigenvalue weighted by Gasteiger charge is 2.37. The molecule has 0 fully saturated rings. The van der Waals surface area contributed by atoms with Gasteiger partial charge < -0.3 is 19.9 Å². The number of anilines is 1. The highest BCUT2D eigenvalue weighted by atomic mass is 19.3. The van der Waals surface area contributed by atoms with Crippen molar-refractivity contribution in [2.24, 2.45) is 0 Å². The summed E-state index contributed by atoms with van der Waals surface area (Å²) in [6.07, 6.45) is -3.66. The van der Waals surface area contributed by atoms with Gasteiger partial charge in [-0.05, 0) is 48.7 Å². The Balaban J connectivity index is 1.87. The first-order valence-electron chi connectivity index (χ1n) is 11.4. The van der Waals surface area contributed by atoms with Gasteiger partial charge in [-0.2, -0.15) is 0 Å². The van der Waals surface area contributed by atoms with Crippen molar-refractivity contribution in [1.82, 2.24) is 4.90 Å². The summed E-state index contributed by atoms with van der Waals surface area (Å²) in [5.74, 6) is -2.21. The summed E-state index contributed by atoms with van der Waals surface area (Å²) in [5, 5.41) is 12.1. The molecule has 0 saturated carbocycles. The lowest BCUT2D eigenvalue weighted by Gasteiger charge is -2.34. The van der Waals surface area contributed by atoms with Crippen LogP contribution in [0.15, 0.2) is 30.3 Å². The number of carboxylic acid groups (broad SMARTS) is 1. The molecule has 2 aromatic carbocycles. The van der Waals surface area contributed by atoms with Gasteiger partial charge >= 0.3 is 6.09 Å². The topological polar surface area (TPSA) is 88.1 Å². The number of nitrogens with zero attached hydrogens (tertiary/aromatic N) is 1. The lowest BCUT2D eigenvalue weighted by Crippen LogP contribution is -2.44. The molecule has 1 heterocycles. The molecule has 0 aromatic heterocycles. The second-order valence-corrected chi connectivity index (χ2v) is 9.02. The largest absolute Gasteiger partial charge is 0.494 e. The molecule has 0 aliphatic carbocycles. The van der Waals surface area contributed by atoms with Crippen LogP contribution >= 0.6 is 0 Å². The van der Waals surface area contributed by atoms with E-state index in [9.17, 15) is 32.3 Å². The second kappa shape index (κ2) is 11.2. The zero-order valence-corrected chi connectivity index (χ0v) is 20.1. The summed E-state index contributed by atoms with van der Waals surface area (Å²) in [4.78, 5) is 26.0. The van der Waals surface area contributed by atoms with Gasteiger partial charge in [0.15, 0.2) is 0 Å². The Morgan fingerprint density at radius 3 is 2.44 bits per heavy atom. The van der Waals surface area contributed by atoms with Crippen LogP contribution in [-0.2, 0) is 21.4 Å². The lowest BCUT2D eigenvalue weighted by molar-refractivity contribution is -0.121. The number of amides is 2. The standard InChI is InChI=1S/C25H28F4N2O5/c1-4-36-16-5-6-17-14(9-16)7-8-31(24(33)34)22(17)23(32)30-15-10-18(26)21(19(27)11-15)25(2,3)13-35-12-20(28)29/h5-6,9-11,20,22H,4,7-8,12-13H2,1-3H3,(H,30,32)(H,33,34)/t22-/m0/s1. The van der Waals surface area contributed by atoms with E-state index >= 15 is 0 Å². The van der Waals surface area contributed by atoms with E-state index in [1.807, 2.05) is 6.92 Å². The molecular weight excluding hydrogens is 484 g/mol. The Labute approximate surface area is 206 Å². The minimum Gasteiger partial charge on any atom is -0.494 e.